The van der Waals surface area contributed by atoms with Crippen molar-refractivity contribution in [3.05, 3.63) is 66.1 Å². The average Bonchev–Trinajstić information content (AvgIpc) is 2.98. The third-order valence-electron chi connectivity index (χ3n) is 3.12. The van der Waals surface area contributed by atoms with Gasteiger partial charge in [-0.1, -0.05) is 47.6 Å². The lowest BCUT2D eigenvalue weighted by Crippen LogP contribution is -2.03. The van der Waals surface area contributed by atoms with Crippen LogP contribution in [0, 0.1) is 6.92 Å². The second-order valence-electron chi connectivity index (χ2n) is 4.90. The minimum atomic E-state index is -0.295. The van der Waals surface area contributed by atoms with E-state index in [1.54, 1.807) is 0 Å². The predicted octanol–water partition coefficient (Wildman–Crippen LogP) is 4.19. The van der Waals surface area contributed by atoms with Crippen LogP contribution in [0.5, 0.6) is 5.75 Å². The predicted molar refractivity (Wildman–Crippen MR) is 80.0 cm³/mol. The summed E-state index contributed by atoms with van der Waals surface area (Å²) in [7, 11) is 0. The topological polar surface area (TPSA) is 48.2 Å². The molecule has 0 amide bonds. The molecule has 0 bridgehead atoms. The van der Waals surface area contributed by atoms with E-state index in [4.69, 9.17) is 9.26 Å². The van der Waals surface area contributed by atoms with Gasteiger partial charge in [-0.05, 0) is 31.5 Å². The van der Waals surface area contributed by atoms with Gasteiger partial charge in [-0.3, -0.25) is 0 Å². The second-order valence-corrected chi connectivity index (χ2v) is 4.90. The summed E-state index contributed by atoms with van der Waals surface area (Å²) in [5, 5.41) is 4.00. The summed E-state index contributed by atoms with van der Waals surface area (Å²) in [4.78, 5) is 4.40. The Morgan fingerprint density at radius 3 is 2.62 bits per heavy atom. The van der Waals surface area contributed by atoms with Crippen molar-refractivity contribution in [1.82, 2.24) is 10.1 Å². The number of aryl methyl sites for hydroxylation is 1. The molecular formula is C17H16N2O2. The Hall–Kier alpha value is -2.62. The molecule has 0 aliphatic heterocycles. The van der Waals surface area contributed by atoms with Crippen molar-refractivity contribution in [3.63, 3.8) is 0 Å². The van der Waals surface area contributed by atoms with Crippen LogP contribution in [-0.4, -0.2) is 10.1 Å². The molecule has 1 heterocycles. The summed E-state index contributed by atoms with van der Waals surface area (Å²) in [6.45, 7) is 3.92. The molecule has 1 aromatic heterocycles. The lowest BCUT2D eigenvalue weighted by molar-refractivity contribution is 0.175. The molecule has 0 fully saturated rings. The average molecular weight is 280 g/mol. The van der Waals surface area contributed by atoms with E-state index in [0.29, 0.717) is 11.7 Å². The van der Waals surface area contributed by atoms with Crippen LogP contribution in [0.2, 0.25) is 0 Å². The van der Waals surface area contributed by atoms with Crippen molar-refractivity contribution in [2.45, 2.75) is 20.0 Å². The highest BCUT2D eigenvalue weighted by atomic mass is 16.5. The van der Waals surface area contributed by atoms with Gasteiger partial charge >= 0.3 is 0 Å². The minimum absolute atomic E-state index is 0.295. The van der Waals surface area contributed by atoms with E-state index < -0.39 is 0 Å². The molecule has 4 nitrogen and oxygen atoms in total. The van der Waals surface area contributed by atoms with E-state index in [0.717, 1.165) is 16.9 Å². The van der Waals surface area contributed by atoms with Crippen LogP contribution >= 0.6 is 0 Å². The zero-order valence-corrected chi connectivity index (χ0v) is 12.0. The van der Waals surface area contributed by atoms with Crippen molar-refractivity contribution < 1.29 is 9.26 Å². The number of rotatable bonds is 4. The number of aromatic nitrogens is 2. The molecule has 0 aliphatic carbocycles. The van der Waals surface area contributed by atoms with Gasteiger partial charge in [-0.25, -0.2) is 0 Å². The van der Waals surface area contributed by atoms with Crippen LogP contribution in [0.3, 0.4) is 0 Å². The first-order chi connectivity index (χ1) is 10.2. The zero-order valence-electron chi connectivity index (χ0n) is 12.0. The zero-order chi connectivity index (χ0) is 14.7. The van der Waals surface area contributed by atoms with E-state index in [-0.39, 0.29) is 6.10 Å². The Balaban J connectivity index is 1.77. The lowest BCUT2D eigenvalue weighted by atomic mass is 10.2. The normalized spacial score (nSPS) is 12.1. The quantitative estimate of drug-likeness (QED) is 0.719. The number of benzene rings is 2. The van der Waals surface area contributed by atoms with Crippen molar-refractivity contribution in [1.29, 1.82) is 0 Å². The maximum atomic E-state index is 5.83. The molecule has 0 radical (unpaired) electrons. The van der Waals surface area contributed by atoms with Gasteiger partial charge < -0.3 is 9.26 Å². The van der Waals surface area contributed by atoms with Crippen LogP contribution in [0.25, 0.3) is 11.4 Å². The number of hydrogen-bond acceptors (Lipinski definition) is 4. The van der Waals surface area contributed by atoms with E-state index in [2.05, 4.69) is 10.1 Å². The smallest absolute Gasteiger partial charge is 0.267 e. The highest BCUT2D eigenvalue weighted by Gasteiger charge is 2.16. The fraction of sp³-hybridized carbons (Fsp3) is 0.176. The Bertz CT molecular complexity index is 722. The largest absolute Gasteiger partial charge is 0.481 e. The molecule has 0 unspecified atom stereocenters. The summed E-state index contributed by atoms with van der Waals surface area (Å²) in [6.07, 6.45) is -0.295. The summed E-state index contributed by atoms with van der Waals surface area (Å²) < 4.78 is 11.1. The minimum Gasteiger partial charge on any atom is -0.481 e. The van der Waals surface area contributed by atoms with Gasteiger partial charge in [0.15, 0.2) is 6.10 Å². The second kappa shape index (κ2) is 5.79. The molecule has 2 aromatic carbocycles. The number of hydrogen-bond donors (Lipinski definition) is 0. The highest BCUT2D eigenvalue weighted by Crippen LogP contribution is 2.23. The van der Waals surface area contributed by atoms with E-state index >= 15 is 0 Å². The van der Waals surface area contributed by atoms with E-state index in [9.17, 15) is 0 Å². The molecule has 106 valence electrons. The fourth-order valence-electron chi connectivity index (χ4n) is 2.05. The summed E-state index contributed by atoms with van der Waals surface area (Å²) in [6, 6.07) is 17.6. The van der Waals surface area contributed by atoms with Gasteiger partial charge in [0, 0.05) is 5.56 Å². The van der Waals surface area contributed by atoms with E-state index in [1.165, 1.54) is 0 Å². The van der Waals surface area contributed by atoms with Crippen LogP contribution in [0.15, 0.2) is 59.1 Å². The molecule has 3 rings (SSSR count). The fourth-order valence-corrected chi connectivity index (χ4v) is 2.05. The first-order valence-electron chi connectivity index (χ1n) is 6.85. The molecule has 0 N–H and O–H groups in total. The van der Waals surface area contributed by atoms with Gasteiger partial charge in [0.25, 0.3) is 5.89 Å². The van der Waals surface area contributed by atoms with Crippen molar-refractivity contribution in [3.8, 4) is 17.1 Å². The van der Waals surface area contributed by atoms with Crippen molar-refractivity contribution >= 4 is 0 Å². The van der Waals surface area contributed by atoms with Gasteiger partial charge in [0.1, 0.15) is 5.75 Å². The van der Waals surface area contributed by atoms with Crippen molar-refractivity contribution in [2.75, 3.05) is 0 Å². The maximum absolute atomic E-state index is 5.83. The van der Waals surface area contributed by atoms with Crippen LogP contribution in [-0.2, 0) is 0 Å². The molecule has 1 atom stereocenters. The van der Waals surface area contributed by atoms with E-state index in [1.807, 2.05) is 68.4 Å². The third-order valence-corrected chi connectivity index (χ3v) is 3.12. The molecular weight excluding hydrogens is 264 g/mol. The Morgan fingerprint density at radius 2 is 1.86 bits per heavy atom. The number of ether oxygens (including phenoxy) is 1. The first-order valence-corrected chi connectivity index (χ1v) is 6.85. The molecule has 4 heteroatoms. The molecule has 0 aliphatic rings. The molecule has 0 saturated heterocycles. The van der Waals surface area contributed by atoms with Crippen LogP contribution < -0.4 is 4.74 Å². The highest BCUT2D eigenvalue weighted by molar-refractivity contribution is 5.53. The van der Waals surface area contributed by atoms with Crippen LogP contribution in [0.4, 0.5) is 0 Å². The SMILES string of the molecule is Cc1cccc(O[C@@H](C)c2nc(-c3ccccc3)no2)c1. The van der Waals surface area contributed by atoms with Gasteiger partial charge in [0.05, 0.1) is 0 Å². The Kier molecular flexibility index (Phi) is 3.69. The van der Waals surface area contributed by atoms with Crippen molar-refractivity contribution in [2.24, 2.45) is 0 Å². The summed E-state index contributed by atoms with van der Waals surface area (Å²) in [5.41, 5.74) is 2.07. The van der Waals surface area contributed by atoms with Gasteiger partial charge in [-0.2, -0.15) is 4.98 Å². The standard InChI is InChI=1S/C17H16N2O2/c1-12-7-6-10-15(11-12)20-13(2)17-18-16(19-21-17)14-8-4-3-5-9-14/h3-11,13H,1-2H3/t13-/m0/s1. The molecule has 21 heavy (non-hydrogen) atoms. The number of nitrogens with zero attached hydrogens (tertiary/aromatic N) is 2. The maximum Gasteiger partial charge on any atom is 0.267 e. The molecule has 0 spiro atoms. The Labute approximate surface area is 123 Å². The Morgan fingerprint density at radius 1 is 1.05 bits per heavy atom. The monoisotopic (exact) mass is 280 g/mol. The molecule has 3 aromatic rings. The third kappa shape index (κ3) is 3.11. The summed E-state index contributed by atoms with van der Waals surface area (Å²) in [5.74, 6) is 1.84. The lowest BCUT2D eigenvalue weighted by Gasteiger charge is -2.10. The first kappa shape index (κ1) is 13.4. The van der Waals surface area contributed by atoms with Gasteiger partial charge in [0.2, 0.25) is 5.82 Å². The van der Waals surface area contributed by atoms with Gasteiger partial charge in [-0.15, -0.1) is 0 Å². The van der Waals surface area contributed by atoms with Crippen LogP contribution in [0.1, 0.15) is 24.5 Å². The molecule has 0 saturated carbocycles. The summed E-state index contributed by atoms with van der Waals surface area (Å²) >= 11 is 0.